The Hall–Kier alpha value is -1.39. The van der Waals surface area contributed by atoms with Crippen LogP contribution in [0.5, 0.6) is 0 Å². The van der Waals surface area contributed by atoms with Gasteiger partial charge in [-0.25, -0.2) is 4.79 Å². The van der Waals surface area contributed by atoms with Gasteiger partial charge in [0, 0.05) is 12.6 Å². The lowest BCUT2D eigenvalue weighted by atomic mass is 10.1. The Morgan fingerprint density at radius 1 is 1.32 bits per heavy atom. The molecule has 0 unspecified atom stereocenters. The van der Waals surface area contributed by atoms with Crippen LogP contribution in [0, 0.1) is 0 Å². The molecule has 0 bridgehead atoms. The smallest absolute Gasteiger partial charge is 0.335 e. The van der Waals surface area contributed by atoms with Crippen molar-refractivity contribution in [2.24, 2.45) is 0 Å². The molecule has 0 aromatic heterocycles. The Morgan fingerprint density at radius 2 is 1.95 bits per heavy atom. The minimum absolute atomic E-state index is 0.335. The molecule has 0 heterocycles. The Morgan fingerprint density at radius 3 is 2.47 bits per heavy atom. The number of nitrogens with zero attached hydrogens (tertiary/aromatic N) is 1. The minimum atomic E-state index is -0.878. The third kappa shape index (κ3) is 5.85. The lowest BCUT2D eigenvalue weighted by Crippen LogP contribution is -2.29. The molecule has 0 aliphatic rings. The Bertz CT molecular complexity index is 388. The van der Waals surface area contributed by atoms with Gasteiger partial charge in [-0.15, -0.1) is 0 Å². The first-order valence-electron chi connectivity index (χ1n) is 6.74. The molecule has 4 nitrogen and oxygen atoms in total. The Labute approximate surface area is 115 Å². The fraction of sp³-hybridized carbons (Fsp3) is 0.533. The molecule has 0 radical (unpaired) electrons. The number of carboxylic acid groups (broad SMARTS) is 1. The van der Waals surface area contributed by atoms with E-state index in [2.05, 4.69) is 31.1 Å². The maximum atomic E-state index is 10.7. The maximum Gasteiger partial charge on any atom is 0.335 e. The van der Waals surface area contributed by atoms with Crippen LogP contribution in [0.3, 0.4) is 0 Å². The van der Waals surface area contributed by atoms with Crippen molar-refractivity contribution in [3.8, 4) is 0 Å². The van der Waals surface area contributed by atoms with Crippen LogP contribution in [0.1, 0.15) is 36.2 Å². The van der Waals surface area contributed by atoms with Gasteiger partial charge in [-0.3, -0.25) is 0 Å². The number of hydrogen-bond donors (Lipinski definition) is 2. The second kappa shape index (κ2) is 7.92. The monoisotopic (exact) mass is 264 g/mol. The van der Waals surface area contributed by atoms with Crippen molar-refractivity contribution in [1.82, 2.24) is 10.2 Å². The van der Waals surface area contributed by atoms with E-state index in [0.717, 1.165) is 31.6 Å². The van der Waals surface area contributed by atoms with E-state index in [9.17, 15) is 4.79 Å². The van der Waals surface area contributed by atoms with E-state index in [0.29, 0.717) is 11.6 Å². The normalized spacial score (nSPS) is 11.2. The van der Waals surface area contributed by atoms with E-state index in [1.54, 1.807) is 12.1 Å². The quantitative estimate of drug-likeness (QED) is 0.707. The molecule has 0 aliphatic heterocycles. The summed E-state index contributed by atoms with van der Waals surface area (Å²) in [6.45, 7) is 7.22. The van der Waals surface area contributed by atoms with Gasteiger partial charge in [-0.1, -0.05) is 12.1 Å². The van der Waals surface area contributed by atoms with Crippen LogP contribution in [0.2, 0.25) is 0 Å². The summed E-state index contributed by atoms with van der Waals surface area (Å²) >= 11 is 0. The summed E-state index contributed by atoms with van der Waals surface area (Å²) < 4.78 is 0. The molecule has 4 heteroatoms. The lowest BCUT2D eigenvalue weighted by Gasteiger charge is -2.20. The van der Waals surface area contributed by atoms with Crippen LogP contribution in [0.15, 0.2) is 24.3 Å². The van der Waals surface area contributed by atoms with Gasteiger partial charge in [0.15, 0.2) is 0 Å². The molecule has 0 atom stereocenters. The molecule has 1 rings (SSSR count). The summed E-state index contributed by atoms with van der Waals surface area (Å²) in [6.07, 6.45) is 1.11. The zero-order valence-electron chi connectivity index (χ0n) is 12.0. The molecule has 1 aromatic rings. The van der Waals surface area contributed by atoms with Crippen molar-refractivity contribution >= 4 is 5.97 Å². The van der Waals surface area contributed by atoms with Crippen molar-refractivity contribution in [2.45, 2.75) is 32.9 Å². The molecule has 0 amide bonds. The van der Waals surface area contributed by atoms with Crippen molar-refractivity contribution in [3.63, 3.8) is 0 Å². The SMILES string of the molecule is CC(C)N(C)CCCNCc1ccc(C(=O)O)cc1. The first-order valence-corrected chi connectivity index (χ1v) is 6.74. The zero-order chi connectivity index (χ0) is 14.3. The van der Waals surface area contributed by atoms with Gasteiger partial charge in [0.25, 0.3) is 0 Å². The third-order valence-corrected chi connectivity index (χ3v) is 3.28. The Kier molecular flexibility index (Phi) is 6.53. The fourth-order valence-corrected chi connectivity index (χ4v) is 1.71. The summed E-state index contributed by atoms with van der Waals surface area (Å²) in [4.78, 5) is 13.0. The molecule has 106 valence electrons. The average molecular weight is 264 g/mol. The van der Waals surface area contributed by atoms with Gasteiger partial charge < -0.3 is 15.3 Å². The highest BCUT2D eigenvalue weighted by atomic mass is 16.4. The lowest BCUT2D eigenvalue weighted by molar-refractivity contribution is 0.0697. The van der Waals surface area contributed by atoms with Gasteiger partial charge in [0.1, 0.15) is 0 Å². The van der Waals surface area contributed by atoms with Crippen molar-refractivity contribution < 1.29 is 9.90 Å². The zero-order valence-corrected chi connectivity index (χ0v) is 12.0. The highest BCUT2D eigenvalue weighted by Gasteiger charge is 2.03. The van der Waals surface area contributed by atoms with Crippen LogP contribution in [-0.4, -0.2) is 42.2 Å². The third-order valence-electron chi connectivity index (χ3n) is 3.28. The topological polar surface area (TPSA) is 52.6 Å². The van der Waals surface area contributed by atoms with E-state index in [-0.39, 0.29) is 0 Å². The number of rotatable bonds is 8. The van der Waals surface area contributed by atoms with E-state index < -0.39 is 5.97 Å². The van der Waals surface area contributed by atoms with E-state index in [1.807, 2.05) is 12.1 Å². The van der Waals surface area contributed by atoms with Gasteiger partial charge >= 0.3 is 5.97 Å². The summed E-state index contributed by atoms with van der Waals surface area (Å²) in [7, 11) is 2.13. The number of carboxylic acids is 1. The number of nitrogens with one attached hydrogen (secondary N) is 1. The largest absolute Gasteiger partial charge is 0.478 e. The van der Waals surface area contributed by atoms with Crippen molar-refractivity contribution in [2.75, 3.05) is 20.1 Å². The fourth-order valence-electron chi connectivity index (χ4n) is 1.71. The molecule has 0 saturated carbocycles. The highest BCUT2D eigenvalue weighted by molar-refractivity contribution is 5.87. The predicted molar refractivity (Wildman–Crippen MR) is 77.5 cm³/mol. The minimum Gasteiger partial charge on any atom is -0.478 e. The molecular formula is C15H24N2O2. The van der Waals surface area contributed by atoms with Crippen molar-refractivity contribution in [3.05, 3.63) is 35.4 Å². The predicted octanol–water partition coefficient (Wildman–Crippen LogP) is 2.20. The number of aromatic carboxylic acids is 1. The van der Waals surface area contributed by atoms with Crippen LogP contribution in [-0.2, 0) is 6.54 Å². The first kappa shape index (κ1) is 15.7. The molecule has 1 aromatic carbocycles. The summed E-state index contributed by atoms with van der Waals surface area (Å²) in [5.74, 6) is -0.878. The van der Waals surface area contributed by atoms with Gasteiger partial charge in [0.05, 0.1) is 5.56 Å². The standard InChI is InChI=1S/C15H24N2O2/c1-12(2)17(3)10-4-9-16-11-13-5-7-14(8-6-13)15(18)19/h5-8,12,16H,4,9-11H2,1-3H3,(H,18,19). The van der Waals surface area contributed by atoms with E-state index >= 15 is 0 Å². The summed E-state index contributed by atoms with van der Waals surface area (Å²) in [5.41, 5.74) is 1.45. The number of carbonyl (C=O) groups is 1. The van der Waals surface area contributed by atoms with E-state index in [4.69, 9.17) is 5.11 Å². The Balaban J connectivity index is 2.21. The summed E-state index contributed by atoms with van der Waals surface area (Å²) in [6, 6.07) is 7.59. The maximum absolute atomic E-state index is 10.7. The molecule has 0 aliphatic carbocycles. The first-order chi connectivity index (χ1) is 9.00. The van der Waals surface area contributed by atoms with Crippen molar-refractivity contribution in [1.29, 1.82) is 0 Å². The van der Waals surface area contributed by atoms with E-state index in [1.165, 1.54) is 0 Å². The molecule has 0 saturated heterocycles. The molecule has 0 fully saturated rings. The second-order valence-corrected chi connectivity index (χ2v) is 5.11. The number of hydrogen-bond acceptors (Lipinski definition) is 3. The van der Waals surface area contributed by atoms with Gasteiger partial charge in [-0.2, -0.15) is 0 Å². The van der Waals surface area contributed by atoms with Gasteiger partial charge in [-0.05, 0) is 58.1 Å². The molecular weight excluding hydrogens is 240 g/mol. The average Bonchev–Trinajstić information content (AvgIpc) is 2.38. The number of benzene rings is 1. The molecule has 2 N–H and O–H groups in total. The summed E-state index contributed by atoms with van der Waals surface area (Å²) in [5, 5.41) is 12.2. The van der Waals surface area contributed by atoms with Crippen LogP contribution in [0.25, 0.3) is 0 Å². The van der Waals surface area contributed by atoms with Gasteiger partial charge in [0.2, 0.25) is 0 Å². The van der Waals surface area contributed by atoms with Crippen LogP contribution < -0.4 is 5.32 Å². The second-order valence-electron chi connectivity index (χ2n) is 5.11. The van der Waals surface area contributed by atoms with Crippen LogP contribution >= 0.6 is 0 Å². The van der Waals surface area contributed by atoms with Crippen LogP contribution in [0.4, 0.5) is 0 Å². The highest BCUT2D eigenvalue weighted by Crippen LogP contribution is 2.04. The molecule has 0 spiro atoms. The molecule has 19 heavy (non-hydrogen) atoms.